The van der Waals surface area contributed by atoms with Gasteiger partial charge in [0.15, 0.2) is 5.69 Å². The topological polar surface area (TPSA) is 86.4 Å². The maximum Gasteiger partial charge on any atom is 0.325 e. The summed E-state index contributed by atoms with van der Waals surface area (Å²) in [6.07, 6.45) is 11.2. The molecule has 6 aliphatic rings. The molecular formula is C36H46N4O4. The molecule has 0 N–H and O–H groups in total. The summed E-state index contributed by atoms with van der Waals surface area (Å²) in [5.74, 6) is 2.48. The van der Waals surface area contributed by atoms with E-state index >= 15 is 0 Å². The Bertz CT molecular complexity index is 1670. The number of esters is 1. The van der Waals surface area contributed by atoms with Crippen molar-refractivity contribution in [2.45, 2.75) is 90.3 Å². The summed E-state index contributed by atoms with van der Waals surface area (Å²) < 4.78 is 8.16. The van der Waals surface area contributed by atoms with Gasteiger partial charge in [-0.2, -0.15) is 0 Å². The number of aromatic nitrogens is 3. The van der Waals surface area contributed by atoms with E-state index in [1.807, 2.05) is 28.8 Å². The molecule has 0 spiro atoms. The second-order valence-electron chi connectivity index (χ2n) is 14.5. The maximum absolute atomic E-state index is 14.5. The molecule has 3 aromatic rings. The molecule has 2 saturated heterocycles. The molecule has 2 aliphatic heterocycles. The highest BCUT2D eigenvalue weighted by molar-refractivity contribution is 5.78. The summed E-state index contributed by atoms with van der Waals surface area (Å²) in [4.78, 5) is 47.3. The highest BCUT2D eigenvalue weighted by atomic mass is 16.5. The quantitative estimate of drug-likeness (QED) is 0.326. The third-order valence-corrected chi connectivity index (χ3v) is 12.1. The van der Waals surface area contributed by atoms with Gasteiger partial charge >= 0.3 is 5.97 Å². The maximum atomic E-state index is 14.5. The molecule has 0 amide bonds. The number of hydrogen-bond donors (Lipinski definition) is 0. The van der Waals surface area contributed by atoms with Crippen molar-refractivity contribution in [1.29, 1.82) is 0 Å². The summed E-state index contributed by atoms with van der Waals surface area (Å²) in [6, 6.07) is 13.1. The monoisotopic (exact) mass is 598 g/mol. The SMILES string of the molecule is COC(=O)Cn1c(-c2nc3ccccc3n(C3CC4CCCCC3CN4CCC3CCC4CC3C4(C)C)c2=O)cccc1=O. The minimum atomic E-state index is -0.549. The van der Waals surface area contributed by atoms with E-state index < -0.39 is 5.97 Å². The van der Waals surface area contributed by atoms with Gasteiger partial charge in [-0.25, -0.2) is 4.98 Å². The van der Waals surface area contributed by atoms with E-state index in [0.29, 0.717) is 23.1 Å². The normalized spacial score (nSPS) is 29.5. The number of methoxy groups -OCH3 is 1. The van der Waals surface area contributed by atoms with E-state index in [4.69, 9.17) is 9.72 Å². The third kappa shape index (κ3) is 5.03. The number of ether oxygens (including phenoxy) is 1. The van der Waals surface area contributed by atoms with Crippen molar-refractivity contribution in [3.63, 3.8) is 0 Å². The molecule has 9 rings (SSSR count). The standard InChI is InChI=1S/C36H46N4O4/c1-36(2)25-16-15-23(27(36)19-25)17-18-38-21-24-9-4-5-10-26(38)20-31(24)40-29-12-7-6-11-28(29)37-34(35(40)43)30-13-8-14-32(41)39(30)22-33(42)44-3/h6-8,11-14,23-27,31H,4-5,9-10,15-22H2,1-3H3. The van der Waals surface area contributed by atoms with Gasteiger partial charge in [0.05, 0.1) is 23.8 Å². The Hall–Kier alpha value is -3.26. The van der Waals surface area contributed by atoms with E-state index in [1.54, 1.807) is 12.1 Å². The second kappa shape index (κ2) is 11.6. The molecule has 8 heteroatoms. The van der Waals surface area contributed by atoms with Crippen LogP contribution in [0.25, 0.3) is 22.4 Å². The van der Waals surface area contributed by atoms with E-state index in [1.165, 1.54) is 62.7 Å². The van der Waals surface area contributed by atoms with E-state index in [0.717, 1.165) is 54.7 Å². The molecular weight excluding hydrogens is 552 g/mol. The summed E-state index contributed by atoms with van der Waals surface area (Å²) in [5.41, 5.74) is 2.07. The highest BCUT2D eigenvalue weighted by Crippen LogP contribution is 2.62. The number of pyridine rings is 1. The molecule has 4 aliphatic carbocycles. The highest BCUT2D eigenvalue weighted by Gasteiger charge is 2.54. The minimum Gasteiger partial charge on any atom is -0.468 e. The van der Waals surface area contributed by atoms with Crippen LogP contribution in [0.1, 0.15) is 77.7 Å². The van der Waals surface area contributed by atoms with Crippen molar-refractivity contribution in [3.8, 4) is 11.4 Å². The van der Waals surface area contributed by atoms with Crippen LogP contribution in [0.4, 0.5) is 0 Å². The Morgan fingerprint density at radius 1 is 1.00 bits per heavy atom. The third-order valence-electron chi connectivity index (χ3n) is 12.1. The van der Waals surface area contributed by atoms with E-state index in [-0.39, 0.29) is 29.4 Å². The lowest BCUT2D eigenvalue weighted by molar-refractivity contribution is -0.141. The Labute approximate surface area is 259 Å². The van der Waals surface area contributed by atoms with Gasteiger partial charge in [0, 0.05) is 24.7 Å². The summed E-state index contributed by atoms with van der Waals surface area (Å²) in [6.45, 7) is 6.90. The van der Waals surface area contributed by atoms with Crippen molar-refractivity contribution in [1.82, 2.24) is 19.0 Å². The van der Waals surface area contributed by atoms with Crippen LogP contribution in [-0.2, 0) is 16.1 Å². The average Bonchev–Trinajstić information content (AvgIpc) is 3.01. The van der Waals surface area contributed by atoms with E-state index in [9.17, 15) is 14.4 Å². The summed E-state index contributed by atoms with van der Waals surface area (Å²) >= 11 is 0. The van der Waals surface area contributed by atoms with Crippen molar-refractivity contribution in [3.05, 3.63) is 63.2 Å². The Morgan fingerprint density at radius 3 is 2.61 bits per heavy atom. The van der Waals surface area contributed by atoms with Crippen molar-refractivity contribution < 1.29 is 9.53 Å². The fraction of sp³-hybridized carbons (Fsp3) is 0.611. The molecule has 2 aromatic heterocycles. The lowest BCUT2D eigenvalue weighted by atomic mass is 9.45. The number of para-hydroxylation sites is 2. The van der Waals surface area contributed by atoms with Gasteiger partial charge in [0.2, 0.25) is 0 Å². The molecule has 44 heavy (non-hydrogen) atoms. The van der Waals surface area contributed by atoms with Crippen LogP contribution in [-0.4, -0.2) is 51.2 Å². The van der Waals surface area contributed by atoms with Crippen LogP contribution in [0.15, 0.2) is 52.1 Å². The molecule has 234 valence electrons. The molecule has 1 aromatic carbocycles. The summed E-state index contributed by atoms with van der Waals surface area (Å²) in [5, 5.41) is 0. The number of rotatable bonds is 7. The minimum absolute atomic E-state index is 0.0567. The number of nitrogens with zero attached hydrogens (tertiary/aromatic N) is 4. The predicted octanol–water partition coefficient (Wildman–Crippen LogP) is 5.67. The van der Waals surface area contributed by atoms with Gasteiger partial charge in [0.25, 0.3) is 11.1 Å². The number of carbonyl (C=O) groups excluding carboxylic acids is 1. The molecule has 8 nitrogen and oxygen atoms in total. The van der Waals surface area contributed by atoms with Crippen LogP contribution >= 0.6 is 0 Å². The number of hydrogen-bond acceptors (Lipinski definition) is 6. The van der Waals surface area contributed by atoms with Gasteiger partial charge in [-0.1, -0.05) is 44.9 Å². The van der Waals surface area contributed by atoms with Crippen LogP contribution in [0, 0.1) is 29.1 Å². The smallest absolute Gasteiger partial charge is 0.325 e. The molecule has 6 unspecified atom stereocenters. The molecule has 6 atom stereocenters. The lowest BCUT2D eigenvalue weighted by Crippen LogP contribution is -2.54. The zero-order chi connectivity index (χ0) is 30.6. The van der Waals surface area contributed by atoms with E-state index in [2.05, 4.69) is 18.7 Å². The molecule has 6 fully saturated rings. The van der Waals surface area contributed by atoms with Gasteiger partial charge in [-0.15, -0.1) is 0 Å². The van der Waals surface area contributed by atoms with Crippen LogP contribution in [0.5, 0.6) is 0 Å². The first-order valence-electron chi connectivity index (χ1n) is 16.8. The van der Waals surface area contributed by atoms with Gasteiger partial charge in [-0.3, -0.25) is 23.9 Å². The largest absolute Gasteiger partial charge is 0.468 e. The van der Waals surface area contributed by atoms with Gasteiger partial charge < -0.3 is 9.30 Å². The van der Waals surface area contributed by atoms with Crippen molar-refractivity contribution >= 4 is 17.0 Å². The predicted molar refractivity (Wildman–Crippen MR) is 171 cm³/mol. The molecule has 0 radical (unpaired) electrons. The van der Waals surface area contributed by atoms with Crippen molar-refractivity contribution in [2.75, 3.05) is 20.2 Å². The lowest BCUT2D eigenvalue weighted by Gasteiger charge is -2.60. The fourth-order valence-electron chi connectivity index (χ4n) is 9.53. The molecule has 4 bridgehead atoms. The average molecular weight is 599 g/mol. The van der Waals surface area contributed by atoms with Crippen LogP contribution in [0.3, 0.4) is 0 Å². The number of fused-ring (bicyclic) bond motifs is 8. The van der Waals surface area contributed by atoms with Crippen LogP contribution in [0.2, 0.25) is 0 Å². The molecule has 4 saturated carbocycles. The second-order valence-corrected chi connectivity index (χ2v) is 14.5. The Kier molecular flexibility index (Phi) is 7.76. The first-order chi connectivity index (χ1) is 21.3. The Balaban J connectivity index is 1.23. The van der Waals surface area contributed by atoms with Gasteiger partial charge in [0.1, 0.15) is 6.54 Å². The number of carbonyl (C=O) groups is 1. The molecule has 4 heterocycles. The first kappa shape index (κ1) is 29.5. The Morgan fingerprint density at radius 2 is 1.82 bits per heavy atom. The number of benzene rings is 1. The van der Waals surface area contributed by atoms with Gasteiger partial charge in [-0.05, 0) is 98.8 Å². The fourth-order valence-corrected chi connectivity index (χ4v) is 9.53. The van der Waals surface area contributed by atoms with Crippen molar-refractivity contribution in [2.24, 2.45) is 29.1 Å². The summed E-state index contributed by atoms with van der Waals surface area (Å²) in [7, 11) is 1.29. The zero-order valence-corrected chi connectivity index (χ0v) is 26.4. The number of piperidine rings is 1. The van der Waals surface area contributed by atoms with Crippen LogP contribution < -0.4 is 11.1 Å². The first-order valence-corrected chi connectivity index (χ1v) is 16.8. The zero-order valence-electron chi connectivity index (χ0n) is 26.4.